The zero-order valence-electron chi connectivity index (χ0n) is 10.4. The fourth-order valence-corrected chi connectivity index (χ4v) is 2.27. The topological polar surface area (TPSA) is 29.3 Å². The van der Waals surface area contributed by atoms with Crippen LogP contribution in [-0.4, -0.2) is 31.8 Å². The molecule has 0 aromatic heterocycles. The summed E-state index contributed by atoms with van der Waals surface area (Å²) < 4.78 is 0. The molecule has 0 aliphatic carbocycles. The minimum atomic E-state index is 0.486. The molecule has 1 aromatic rings. The lowest BCUT2D eigenvalue weighted by atomic mass is 10.0. The monoisotopic (exact) mass is 238 g/mol. The van der Waals surface area contributed by atoms with E-state index in [4.69, 9.17) is 5.73 Å². The smallest absolute Gasteiger partial charge is 0.0342 e. The highest BCUT2D eigenvalue weighted by Crippen LogP contribution is 2.25. The SMILES string of the molecule is CSc1ccc(C(CCCN)N(C)C)cc1. The Bertz CT molecular complexity index is 295. The van der Waals surface area contributed by atoms with Crippen molar-refractivity contribution in [1.29, 1.82) is 0 Å². The third kappa shape index (κ3) is 3.81. The maximum atomic E-state index is 5.58. The van der Waals surface area contributed by atoms with E-state index in [0.29, 0.717) is 6.04 Å². The van der Waals surface area contributed by atoms with E-state index < -0.39 is 0 Å². The summed E-state index contributed by atoms with van der Waals surface area (Å²) in [6, 6.07) is 9.33. The van der Waals surface area contributed by atoms with E-state index in [0.717, 1.165) is 19.4 Å². The van der Waals surface area contributed by atoms with E-state index in [-0.39, 0.29) is 0 Å². The molecule has 0 spiro atoms. The van der Waals surface area contributed by atoms with E-state index in [9.17, 15) is 0 Å². The number of hydrogen-bond donors (Lipinski definition) is 1. The van der Waals surface area contributed by atoms with Crippen molar-refractivity contribution in [2.75, 3.05) is 26.9 Å². The molecule has 0 aliphatic rings. The Morgan fingerprint density at radius 2 is 1.88 bits per heavy atom. The number of rotatable bonds is 6. The first-order valence-electron chi connectivity index (χ1n) is 5.69. The van der Waals surface area contributed by atoms with Crippen LogP contribution in [0.3, 0.4) is 0 Å². The summed E-state index contributed by atoms with van der Waals surface area (Å²) in [5, 5.41) is 0. The van der Waals surface area contributed by atoms with Crippen LogP contribution in [0, 0.1) is 0 Å². The quantitative estimate of drug-likeness (QED) is 0.773. The molecule has 90 valence electrons. The minimum Gasteiger partial charge on any atom is -0.330 e. The van der Waals surface area contributed by atoms with Gasteiger partial charge in [-0.3, -0.25) is 0 Å². The predicted molar refractivity (Wildman–Crippen MR) is 72.9 cm³/mol. The van der Waals surface area contributed by atoms with Gasteiger partial charge in [0.15, 0.2) is 0 Å². The highest BCUT2D eigenvalue weighted by Gasteiger charge is 2.12. The van der Waals surface area contributed by atoms with Crippen LogP contribution >= 0.6 is 11.8 Å². The number of benzene rings is 1. The van der Waals surface area contributed by atoms with Crippen LogP contribution in [0.15, 0.2) is 29.2 Å². The average Bonchev–Trinajstić information content (AvgIpc) is 2.30. The predicted octanol–water partition coefficient (Wildman–Crippen LogP) is 2.75. The molecule has 3 heteroatoms. The van der Waals surface area contributed by atoms with E-state index in [1.165, 1.54) is 10.5 Å². The van der Waals surface area contributed by atoms with Gasteiger partial charge in [0.25, 0.3) is 0 Å². The van der Waals surface area contributed by atoms with Gasteiger partial charge in [0.05, 0.1) is 0 Å². The fraction of sp³-hybridized carbons (Fsp3) is 0.538. The average molecular weight is 238 g/mol. The molecule has 0 fully saturated rings. The molecule has 1 atom stereocenters. The van der Waals surface area contributed by atoms with Gasteiger partial charge in [-0.15, -0.1) is 11.8 Å². The van der Waals surface area contributed by atoms with Crippen molar-refractivity contribution in [3.05, 3.63) is 29.8 Å². The molecule has 0 bridgehead atoms. The zero-order valence-corrected chi connectivity index (χ0v) is 11.3. The van der Waals surface area contributed by atoms with Crippen LogP contribution in [0.2, 0.25) is 0 Å². The molecule has 0 heterocycles. The second kappa shape index (κ2) is 6.94. The van der Waals surface area contributed by atoms with Crippen molar-refractivity contribution in [2.24, 2.45) is 5.73 Å². The summed E-state index contributed by atoms with van der Waals surface area (Å²) in [5.74, 6) is 0. The Balaban J connectivity index is 2.75. The molecular formula is C13H22N2S. The third-order valence-electron chi connectivity index (χ3n) is 2.81. The van der Waals surface area contributed by atoms with Crippen molar-refractivity contribution in [3.8, 4) is 0 Å². The number of nitrogens with zero attached hydrogens (tertiary/aromatic N) is 1. The Morgan fingerprint density at radius 1 is 1.25 bits per heavy atom. The molecule has 2 N–H and O–H groups in total. The Kier molecular flexibility index (Phi) is 5.88. The molecule has 2 nitrogen and oxygen atoms in total. The molecular weight excluding hydrogens is 216 g/mol. The maximum absolute atomic E-state index is 5.58. The first kappa shape index (κ1) is 13.6. The second-order valence-electron chi connectivity index (χ2n) is 4.18. The van der Waals surface area contributed by atoms with Gasteiger partial charge < -0.3 is 10.6 Å². The Labute approximate surface area is 103 Å². The zero-order chi connectivity index (χ0) is 12.0. The van der Waals surface area contributed by atoms with Crippen molar-refractivity contribution >= 4 is 11.8 Å². The Morgan fingerprint density at radius 3 is 2.31 bits per heavy atom. The van der Waals surface area contributed by atoms with Crippen LogP contribution in [0.25, 0.3) is 0 Å². The van der Waals surface area contributed by atoms with Crippen LogP contribution in [-0.2, 0) is 0 Å². The lowest BCUT2D eigenvalue weighted by Crippen LogP contribution is -2.20. The van der Waals surface area contributed by atoms with Gasteiger partial charge >= 0.3 is 0 Å². The summed E-state index contributed by atoms with van der Waals surface area (Å²) in [6.07, 6.45) is 4.31. The molecule has 1 unspecified atom stereocenters. The van der Waals surface area contributed by atoms with Crippen LogP contribution in [0.1, 0.15) is 24.4 Å². The van der Waals surface area contributed by atoms with Crippen molar-refractivity contribution in [3.63, 3.8) is 0 Å². The molecule has 1 aromatic carbocycles. The molecule has 1 rings (SSSR count). The van der Waals surface area contributed by atoms with Gasteiger partial charge in [0.2, 0.25) is 0 Å². The van der Waals surface area contributed by atoms with Gasteiger partial charge in [0.1, 0.15) is 0 Å². The van der Waals surface area contributed by atoms with Gasteiger partial charge in [-0.2, -0.15) is 0 Å². The standard InChI is InChI=1S/C13H22N2S/c1-15(2)13(5-4-10-14)11-6-8-12(16-3)9-7-11/h6-9,13H,4-5,10,14H2,1-3H3. The van der Waals surface area contributed by atoms with E-state index in [2.05, 4.69) is 49.5 Å². The summed E-state index contributed by atoms with van der Waals surface area (Å²) >= 11 is 1.78. The highest BCUT2D eigenvalue weighted by atomic mass is 32.2. The van der Waals surface area contributed by atoms with Crippen LogP contribution in [0.5, 0.6) is 0 Å². The van der Waals surface area contributed by atoms with Gasteiger partial charge in [0, 0.05) is 10.9 Å². The largest absolute Gasteiger partial charge is 0.330 e. The van der Waals surface area contributed by atoms with Crippen molar-refractivity contribution < 1.29 is 0 Å². The molecule has 16 heavy (non-hydrogen) atoms. The molecule has 0 saturated carbocycles. The van der Waals surface area contributed by atoms with Gasteiger partial charge in [-0.1, -0.05) is 12.1 Å². The first-order valence-corrected chi connectivity index (χ1v) is 6.92. The summed E-state index contributed by atoms with van der Waals surface area (Å²) in [5.41, 5.74) is 6.96. The molecule has 0 saturated heterocycles. The number of hydrogen-bond acceptors (Lipinski definition) is 3. The lowest BCUT2D eigenvalue weighted by Gasteiger charge is -2.24. The van der Waals surface area contributed by atoms with Crippen LogP contribution < -0.4 is 5.73 Å². The third-order valence-corrected chi connectivity index (χ3v) is 3.55. The van der Waals surface area contributed by atoms with Crippen molar-refractivity contribution in [2.45, 2.75) is 23.8 Å². The van der Waals surface area contributed by atoms with Crippen molar-refractivity contribution in [1.82, 2.24) is 4.90 Å². The first-order chi connectivity index (χ1) is 7.69. The minimum absolute atomic E-state index is 0.486. The summed E-state index contributed by atoms with van der Waals surface area (Å²) in [4.78, 5) is 3.59. The number of thioether (sulfide) groups is 1. The second-order valence-corrected chi connectivity index (χ2v) is 5.06. The normalized spacial score (nSPS) is 13.1. The highest BCUT2D eigenvalue weighted by molar-refractivity contribution is 7.98. The van der Waals surface area contributed by atoms with Gasteiger partial charge in [-0.05, 0) is 57.4 Å². The molecule has 0 amide bonds. The summed E-state index contributed by atoms with van der Waals surface area (Å²) in [7, 11) is 4.26. The van der Waals surface area contributed by atoms with Crippen LogP contribution in [0.4, 0.5) is 0 Å². The number of nitrogens with two attached hydrogens (primary N) is 1. The van der Waals surface area contributed by atoms with E-state index in [1.54, 1.807) is 11.8 Å². The maximum Gasteiger partial charge on any atom is 0.0342 e. The van der Waals surface area contributed by atoms with Gasteiger partial charge in [-0.25, -0.2) is 0 Å². The van der Waals surface area contributed by atoms with E-state index in [1.807, 2.05) is 0 Å². The molecule has 0 aliphatic heterocycles. The summed E-state index contributed by atoms with van der Waals surface area (Å²) in [6.45, 7) is 0.771. The fourth-order valence-electron chi connectivity index (χ4n) is 1.86. The Hall–Kier alpha value is -0.510. The lowest BCUT2D eigenvalue weighted by molar-refractivity contribution is 0.280. The van der Waals surface area contributed by atoms with E-state index >= 15 is 0 Å². The molecule has 0 radical (unpaired) electrons.